The van der Waals surface area contributed by atoms with Gasteiger partial charge >= 0.3 is 0 Å². The molecule has 3 aromatic rings. The fourth-order valence-electron chi connectivity index (χ4n) is 4.67. The van der Waals surface area contributed by atoms with E-state index in [0.717, 1.165) is 35.4 Å². The van der Waals surface area contributed by atoms with Crippen LogP contribution < -0.4 is 0 Å². The Bertz CT molecular complexity index is 1130. The molecule has 35 heavy (non-hydrogen) atoms. The maximum atomic E-state index is 13.2. The van der Waals surface area contributed by atoms with E-state index < -0.39 is 0 Å². The van der Waals surface area contributed by atoms with Gasteiger partial charge in [0, 0.05) is 35.1 Å². The van der Waals surface area contributed by atoms with E-state index in [0.29, 0.717) is 5.92 Å². The molecule has 2 atom stereocenters. The molecule has 0 radical (unpaired) electrons. The first-order valence-electron chi connectivity index (χ1n) is 12.6. The van der Waals surface area contributed by atoms with Gasteiger partial charge in [-0.3, -0.25) is 4.94 Å². The lowest BCUT2D eigenvalue weighted by Gasteiger charge is -2.37. The van der Waals surface area contributed by atoms with Gasteiger partial charge < -0.3 is 4.57 Å². The van der Waals surface area contributed by atoms with Crippen molar-refractivity contribution in [2.75, 3.05) is 0 Å². The fraction of sp³-hybridized carbons (Fsp3) is 0.387. The number of allylic oxidation sites excluding steroid dienone is 4. The summed E-state index contributed by atoms with van der Waals surface area (Å²) in [5.74, 6) is 1.61. The Morgan fingerprint density at radius 2 is 1.71 bits per heavy atom. The Morgan fingerprint density at radius 3 is 2.29 bits per heavy atom. The van der Waals surface area contributed by atoms with Crippen molar-refractivity contribution in [1.29, 1.82) is 0 Å². The SMILES string of the molecule is CC.CCC(C)(c1ccccc1-c1nccn1C)[C@@H](C)C/C=C(C)\C(=C(\C)OF)c1ccccc1. The van der Waals surface area contributed by atoms with Crippen molar-refractivity contribution in [3.05, 3.63) is 95.5 Å². The number of hydrogen-bond acceptors (Lipinski definition) is 2. The molecule has 2 aromatic carbocycles. The van der Waals surface area contributed by atoms with Crippen molar-refractivity contribution in [3.63, 3.8) is 0 Å². The summed E-state index contributed by atoms with van der Waals surface area (Å²) in [6.07, 6.45) is 7.90. The number of aryl methyl sites for hydroxylation is 1. The maximum absolute atomic E-state index is 13.2. The Morgan fingerprint density at radius 1 is 1.09 bits per heavy atom. The van der Waals surface area contributed by atoms with Crippen LogP contribution in [0.5, 0.6) is 0 Å². The highest BCUT2D eigenvalue weighted by Gasteiger charge is 2.33. The predicted molar refractivity (Wildman–Crippen MR) is 146 cm³/mol. The van der Waals surface area contributed by atoms with Crippen LogP contribution in [0.15, 0.2) is 84.4 Å². The van der Waals surface area contributed by atoms with Gasteiger partial charge in [0.15, 0.2) is 5.76 Å². The second kappa shape index (κ2) is 13.1. The van der Waals surface area contributed by atoms with Crippen LogP contribution in [0.3, 0.4) is 0 Å². The van der Waals surface area contributed by atoms with Crippen molar-refractivity contribution in [3.8, 4) is 11.4 Å². The predicted octanol–water partition coefficient (Wildman–Crippen LogP) is 9.09. The maximum Gasteiger partial charge on any atom is 0.153 e. The first-order chi connectivity index (χ1) is 16.8. The molecule has 1 unspecified atom stereocenters. The van der Waals surface area contributed by atoms with Gasteiger partial charge in [0.25, 0.3) is 0 Å². The molecule has 0 saturated heterocycles. The standard InChI is InChI=1S/C29H35FN2O.C2H6/c1-7-29(5,26-16-12-11-15-25(26)28-31-19-20-32(28)6)22(3)18-17-21(2)27(23(4)33-30)24-13-9-8-10-14-24;1-2/h8-17,19-20,22H,7,18H2,1-6H3;1-2H3/b21-17-,27-23+;/t22-,29?;/m0./s1. The first kappa shape index (κ1) is 28.1. The molecule has 0 aliphatic rings. The van der Waals surface area contributed by atoms with E-state index in [2.05, 4.69) is 65.6 Å². The molecule has 188 valence electrons. The molecule has 3 nitrogen and oxygen atoms in total. The monoisotopic (exact) mass is 476 g/mol. The molecule has 3 rings (SSSR count). The molecular formula is C31H41FN2O. The molecule has 1 aromatic heterocycles. The smallest absolute Gasteiger partial charge is 0.153 e. The van der Waals surface area contributed by atoms with E-state index in [1.54, 1.807) is 6.92 Å². The fourth-order valence-corrected chi connectivity index (χ4v) is 4.67. The average molecular weight is 477 g/mol. The van der Waals surface area contributed by atoms with Crippen molar-refractivity contribution >= 4 is 5.57 Å². The lowest BCUT2D eigenvalue weighted by molar-refractivity contribution is -0.0809. The van der Waals surface area contributed by atoms with Gasteiger partial charge in [-0.15, -0.1) is 0 Å². The summed E-state index contributed by atoms with van der Waals surface area (Å²) in [5, 5.41) is 0. The highest BCUT2D eigenvalue weighted by atomic mass is 19.3. The van der Waals surface area contributed by atoms with Gasteiger partial charge in [-0.1, -0.05) is 95.3 Å². The molecule has 0 amide bonds. The van der Waals surface area contributed by atoms with E-state index in [1.165, 1.54) is 11.1 Å². The topological polar surface area (TPSA) is 27.1 Å². The molecule has 4 heteroatoms. The number of hydrogen-bond donors (Lipinski definition) is 0. The van der Waals surface area contributed by atoms with Gasteiger partial charge in [-0.2, -0.15) is 0 Å². The van der Waals surface area contributed by atoms with Gasteiger partial charge in [0.1, 0.15) is 5.82 Å². The second-order valence-electron chi connectivity index (χ2n) is 9.08. The number of benzene rings is 2. The summed E-state index contributed by atoms with van der Waals surface area (Å²) < 4.78 is 15.2. The van der Waals surface area contributed by atoms with Gasteiger partial charge in [-0.25, -0.2) is 4.98 Å². The number of imidazole rings is 1. The molecule has 0 aliphatic carbocycles. The molecule has 0 fully saturated rings. The van der Waals surface area contributed by atoms with Crippen LogP contribution in [0, 0.1) is 5.92 Å². The second-order valence-corrected chi connectivity index (χ2v) is 9.08. The summed E-state index contributed by atoms with van der Waals surface area (Å²) in [5.41, 5.74) is 5.20. The molecule has 0 N–H and O–H groups in total. The van der Waals surface area contributed by atoms with E-state index in [1.807, 2.05) is 70.5 Å². The van der Waals surface area contributed by atoms with Gasteiger partial charge in [0.05, 0.1) is 0 Å². The van der Waals surface area contributed by atoms with Crippen molar-refractivity contribution in [2.45, 2.75) is 66.7 Å². The van der Waals surface area contributed by atoms with E-state index in [9.17, 15) is 4.53 Å². The van der Waals surface area contributed by atoms with Crippen LogP contribution in [0.1, 0.15) is 72.4 Å². The zero-order chi connectivity index (χ0) is 26.0. The van der Waals surface area contributed by atoms with Crippen LogP contribution in [0.4, 0.5) is 4.53 Å². The highest BCUT2D eigenvalue weighted by Crippen LogP contribution is 2.42. The molecule has 0 bridgehead atoms. The van der Waals surface area contributed by atoms with E-state index in [-0.39, 0.29) is 11.2 Å². The summed E-state index contributed by atoms with van der Waals surface area (Å²) in [6, 6.07) is 18.4. The number of halogens is 1. The normalized spacial score (nSPS) is 14.8. The van der Waals surface area contributed by atoms with Gasteiger partial charge in [-0.05, 0) is 54.7 Å². The molecule has 0 saturated carbocycles. The van der Waals surface area contributed by atoms with Crippen molar-refractivity contribution < 1.29 is 9.47 Å². The molecule has 0 aliphatic heterocycles. The Labute approximate surface area is 211 Å². The lowest BCUT2D eigenvalue weighted by Crippen LogP contribution is -2.30. The Hall–Kier alpha value is -3.14. The zero-order valence-electron chi connectivity index (χ0n) is 22.6. The summed E-state index contributed by atoms with van der Waals surface area (Å²) in [6.45, 7) is 14.6. The van der Waals surface area contributed by atoms with Crippen LogP contribution in [0.25, 0.3) is 17.0 Å². The lowest BCUT2D eigenvalue weighted by atomic mass is 9.68. The summed E-state index contributed by atoms with van der Waals surface area (Å²) >= 11 is 0. The Kier molecular flexibility index (Phi) is 10.5. The summed E-state index contributed by atoms with van der Waals surface area (Å²) in [7, 11) is 2.03. The molecule has 0 spiro atoms. The minimum absolute atomic E-state index is 0.0540. The number of aromatic nitrogens is 2. The van der Waals surface area contributed by atoms with Crippen molar-refractivity contribution in [1.82, 2.24) is 9.55 Å². The molecule has 1 heterocycles. The highest BCUT2D eigenvalue weighted by molar-refractivity contribution is 5.79. The minimum atomic E-state index is -0.0540. The van der Waals surface area contributed by atoms with E-state index >= 15 is 0 Å². The quantitative estimate of drug-likeness (QED) is 0.227. The first-order valence-corrected chi connectivity index (χ1v) is 12.6. The van der Waals surface area contributed by atoms with E-state index in [4.69, 9.17) is 0 Å². The number of rotatable bonds is 9. The van der Waals surface area contributed by atoms with Crippen LogP contribution >= 0.6 is 0 Å². The molecular weight excluding hydrogens is 435 g/mol. The minimum Gasteiger partial charge on any atom is -0.334 e. The van der Waals surface area contributed by atoms with Gasteiger partial charge in [0.2, 0.25) is 0 Å². The third-order valence-corrected chi connectivity index (χ3v) is 7.13. The summed E-state index contributed by atoms with van der Waals surface area (Å²) in [4.78, 5) is 8.76. The Balaban J connectivity index is 0.00000210. The zero-order valence-corrected chi connectivity index (χ0v) is 22.6. The van der Waals surface area contributed by atoms with Crippen LogP contribution in [0.2, 0.25) is 0 Å². The average Bonchev–Trinajstić information content (AvgIpc) is 3.34. The number of nitrogens with zero attached hydrogens (tertiary/aromatic N) is 2. The third kappa shape index (κ3) is 6.30. The van der Waals surface area contributed by atoms with Crippen LogP contribution in [-0.2, 0) is 17.4 Å². The third-order valence-electron chi connectivity index (χ3n) is 7.13. The van der Waals surface area contributed by atoms with Crippen LogP contribution in [-0.4, -0.2) is 9.55 Å². The van der Waals surface area contributed by atoms with Crippen molar-refractivity contribution in [2.24, 2.45) is 13.0 Å². The largest absolute Gasteiger partial charge is 0.334 e.